The van der Waals surface area contributed by atoms with Crippen molar-refractivity contribution in [1.29, 1.82) is 0 Å². The summed E-state index contributed by atoms with van der Waals surface area (Å²) >= 11 is 6.41. The van der Waals surface area contributed by atoms with Crippen LogP contribution in [0.3, 0.4) is 0 Å². The summed E-state index contributed by atoms with van der Waals surface area (Å²) in [5, 5.41) is 17.9. The predicted octanol–water partition coefficient (Wildman–Crippen LogP) is 4.00. The van der Waals surface area contributed by atoms with Crippen molar-refractivity contribution in [2.45, 2.75) is 51.9 Å². The van der Waals surface area contributed by atoms with Crippen LogP contribution < -0.4 is 5.43 Å². The second-order valence-corrected chi connectivity index (χ2v) is 9.53. The van der Waals surface area contributed by atoms with Crippen LogP contribution in [0.1, 0.15) is 53.5 Å². The molecule has 2 aromatic carbocycles. The zero-order valence-electron chi connectivity index (χ0n) is 18.6. The summed E-state index contributed by atoms with van der Waals surface area (Å²) in [6.45, 7) is 7.39. The number of hydrazine groups is 1. The van der Waals surface area contributed by atoms with Crippen molar-refractivity contribution >= 4 is 16.8 Å². The minimum absolute atomic E-state index is 0.473. The molecule has 0 atom stereocenters. The van der Waals surface area contributed by atoms with Crippen LogP contribution in [-0.4, -0.2) is 51.4 Å². The average molecular weight is 454 g/mol. The first kappa shape index (κ1) is 21.7. The number of hydrogen-bond donors (Lipinski definition) is 2. The van der Waals surface area contributed by atoms with E-state index in [0.29, 0.717) is 24.0 Å². The molecule has 32 heavy (non-hydrogen) atoms. The molecule has 0 bridgehead atoms. The van der Waals surface area contributed by atoms with E-state index in [2.05, 4.69) is 38.5 Å². The number of aromatic hydroxyl groups is 1. The van der Waals surface area contributed by atoms with E-state index in [1.165, 1.54) is 25.7 Å². The van der Waals surface area contributed by atoms with Gasteiger partial charge in [-0.05, 0) is 75.1 Å². The summed E-state index contributed by atoms with van der Waals surface area (Å²) in [5.41, 5.74) is 8.81. The Kier molecular flexibility index (Phi) is 6.64. The molecular weight excluding hydrogens is 422 g/mol. The van der Waals surface area contributed by atoms with Gasteiger partial charge in [0.1, 0.15) is 5.75 Å². The molecule has 0 aliphatic carbocycles. The smallest absolute Gasteiger partial charge is 0.158 e. The lowest BCUT2D eigenvalue weighted by Crippen LogP contribution is -2.36. The minimum atomic E-state index is 0.473. The number of benzene rings is 2. The van der Waals surface area contributed by atoms with Gasteiger partial charge in [-0.2, -0.15) is 0 Å². The number of nitrogens with one attached hydrogen (secondary N) is 1. The zero-order chi connectivity index (χ0) is 21.9. The summed E-state index contributed by atoms with van der Waals surface area (Å²) in [6.07, 6.45) is 4.99. The van der Waals surface area contributed by atoms with Crippen molar-refractivity contribution < 1.29 is 5.11 Å². The Morgan fingerprint density at radius 2 is 1.50 bits per heavy atom. The van der Waals surface area contributed by atoms with Crippen molar-refractivity contribution in [3.8, 4) is 5.75 Å². The number of hydrazone groups is 1. The lowest BCUT2D eigenvalue weighted by atomic mass is 10.0. The average Bonchev–Trinajstić information content (AvgIpc) is 3.50. The maximum Gasteiger partial charge on any atom is 0.158 e. The van der Waals surface area contributed by atoms with Gasteiger partial charge in [-0.25, -0.2) is 10.5 Å². The Balaban J connectivity index is 1.33. The first-order valence-electron chi connectivity index (χ1n) is 11.8. The number of phenolic OH excluding ortho intramolecular Hbond substituents is 1. The third kappa shape index (κ3) is 4.94. The first-order chi connectivity index (χ1) is 15.7. The molecule has 3 aliphatic rings. The van der Waals surface area contributed by atoms with Crippen LogP contribution in [0.4, 0.5) is 0 Å². The lowest BCUT2D eigenvalue weighted by molar-refractivity contribution is 0.180. The van der Waals surface area contributed by atoms with Crippen LogP contribution in [0, 0.1) is 0 Å². The fourth-order valence-corrected chi connectivity index (χ4v) is 5.30. The molecule has 6 nitrogen and oxygen atoms in total. The van der Waals surface area contributed by atoms with Gasteiger partial charge in [0, 0.05) is 36.3 Å². The number of rotatable bonds is 7. The summed E-state index contributed by atoms with van der Waals surface area (Å²) in [4.78, 5) is 4.88. The summed E-state index contributed by atoms with van der Waals surface area (Å²) in [5.74, 6) is 0.473. The second-order valence-electron chi connectivity index (χ2n) is 9.17. The third-order valence-electron chi connectivity index (χ3n) is 6.75. The van der Waals surface area contributed by atoms with E-state index in [0.717, 1.165) is 67.1 Å². The largest absolute Gasteiger partial charge is 0.507 e. The molecule has 2 aromatic rings. The van der Waals surface area contributed by atoms with Crippen LogP contribution in [0.15, 0.2) is 41.5 Å². The monoisotopic (exact) mass is 453 g/mol. The maximum absolute atomic E-state index is 11.1. The number of hydrogen-bond acceptors (Lipinski definition) is 6. The highest BCUT2D eigenvalue weighted by molar-refractivity contribution is 6.69. The minimum Gasteiger partial charge on any atom is -0.507 e. The lowest BCUT2D eigenvalue weighted by Gasteiger charge is -2.26. The van der Waals surface area contributed by atoms with E-state index in [4.69, 9.17) is 11.6 Å². The Bertz CT molecular complexity index is 943. The van der Waals surface area contributed by atoms with Crippen molar-refractivity contribution in [3.63, 3.8) is 0 Å². The molecule has 5 rings (SSSR count). The highest BCUT2D eigenvalue weighted by atomic mass is 35.5. The molecule has 0 spiro atoms. The van der Waals surface area contributed by atoms with Gasteiger partial charge in [-0.15, -0.1) is 5.10 Å². The normalized spacial score (nSPS) is 19.4. The van der Waals surface area contributed by atoms with Gasteiger partial charge in [0.15, 0.2) is 5.17 Å². The molecule has 7 heteroatoms. The molecule has 0 radical (unpaired) electrons. The summed E-state index contributed by atoms with van der Waals surface area (Å²) < 4.78 is 0. The highest BCUT2D eigenvalue weighted by Crippen LogP contribution is 2.29. The fourth-order valence-electron chi connectivity index (χ4n) is 5.03. The molecule has 2 fully saturated rings. The van der Waals surface area contributed by atoms with Gasteiger partial charge >= 0.3 is 0 Å². The zero-order valence-corrected chi connectivity index (χ0v) is 19.3. The van der Waals surface area contributed by atoms with Gasteiger partial charge in [0.25, 0.3) is 0 Å². The van der Waals surface area contributed by atoms with E-state index in [1.54, 1.807) is 0 Å². The molecule has 2 N–H and O–H groups in total. The van der Waals surface area contributed by atoms with Gasteiger partial charge in [0.2, 0.25) is 0 Å². The standard InChI is InChI=1S/C25H32ClN5O/c26-25-23-8-2-1-7-20(23)18-31(28-25)27-15-19-13-21(16-29-9-3-4-10-29)24(32)22(14-19)17-30-11-5-6-12-30/h1-2,7-8,13-14,27,32H,3-6,9-12,15-18H2. The van der Waals surface area contributed by atoms with Crippen molar-refractivity contribution in [3.05, 3.63) is 64.2 Å². The number of halogens is 1. The summed E-state index contributed by atoms with van der Waals surface area (Å²) in [7, 11) is 0. The number of fused-ring (bicyclic) bond motifs is 1. The third-order valence-corrected chi connectivity index (χ3v) is 7.03. The predicted molar refractivity (Wildman–Crippen MR) is 128 cm³/mol. The number of likely N-dealkylation sites (tertiary alicyclic amines) is 2. The van der Waals surface area contributed by atoms with Crippen molar-refractivity contribution in [2.75, 3.05) is 26.2 Å². The molecule has 0 amide bonds. The maximum atomic E-state index is 11.1. The Labute approximate surface area is 195 Å². The number of phenols is 1. The Hall–Kier alpha value is -2.12. The van der Waals surface area contributed by atoms with Gasteiger partial charge in [0.05, 0.1) is 6.54 Å². The molecule has 0 unspecified atom stereocenters. The van der Waals surface area contributed by atoms with Crippen LogP contribution >= 0.6 is 11.6 Å². The van der Waals surface area contributed by atoms with E-state index >= 15 is 0 Å². The van der Waals surface area contributed by atoms with Gasteiger partial charge in [-0.1, -0.05) is 35.9 Å². The first-order valence-corrected chi connectivity index (χ1v) is 12.2. The molecule has 0 saturated carbocycles. The molecule has 3 heterocycles. The van der Waals surface area contributed by atoms with Crippen LogP contribution in [0.2, 0.25) is 0 Å². The molecular formula is C25H32ClN5O. The molecule has 3 aliphatic heterocycles. The fraction of sp³-hybridized carbons (Fsp3) is 0.480. The van der Waals surface area contributed by atoms with Gasteiger partial charge < -0.3 is 5.11 Å². The molecule has 0 aromatic heterocycles. The molecule has 170 valence electrons. The SMILES string of the molecule is Oc1c(CN2CCCC2)cc(CNN2Cc3ccccc3C(Cl)=N2)cc1CN1CCCC1. The number of nitrogens with zero attached hydrogens (tertiary/aromatic N) is 4. The van der Waals surface area contributed by atoms with Crippen molar-refractivity contribution in [2.24, 2.45) is 5.10 Å². The second kappa shape index (κ2) is 9.79. The topological polar surface area (TPSA) is 54.3 Å². The Morgan fingerprint density at radius 1 is 0.906 bits per heavy atom. The van der Waals surface area contributed by atoms with E-state index < -0.39 is 0 Å². The van der Waals surface area contributed by atoms with Crippen molar-refractivity contribution in [1.82, 2.24) is 20.3 Å². The van der Waals surface area contributed by atoms with Gasteiger partial charge in [-0.3, -0.25) is 9.80 Å². The van der Waals surface area contributed by atoms with E-state index in [-0.39, 0.29) is 0 Å². The quantitative estimate of drug-likeness (QED) is 0.663. The summed E-state index contributed by atoms with van der Waals surface area (Å²) in [6, 6.07) is 12.4. The van der Waals surface area contributed by atoms with E-state index in [1.807, 2.05) is 23.3 Å². The molecule has 2 saturated heterocycles. The Morgan fingerprint density at radius 3 is 2.12 bits per heavy atom. The highest BCUT2D eigenvalue weighted by Gasteiger charge is 2.21. The van der Waals surface area contributed by atoms with Crippen LogP contribution in [0.25, 0.3) is 0 Å². The van der Waals surface area contributed by atoms with E-state index in [9.17, 15) is 5.11 Å². The van der Waals surface area contributed by atoms with Crippen LogP contribution in [-0.2, 0) is 26.2 Å². The van der Waals surface area contributed by atoms with Crippen LogP contribution in [0.5, 0.6) is 5.75 Å².